The van der Waals surface area contributed by atoms with E-state index in [1.165, 1.54) is 28.5 Å². The van der Waals surface area contributed by atoms with E-state index in [-0.39, 0.29) is 12.2 Å². The SMILES string of the molecule is CC(=O)C[C@@H](CSSc1ccccn1)C(=O)O. The van der Waals surface area contributed by atoms with Gasteiger partial charge in [0.25, 0.3) is 0 Å². The lowest BCUT2D eigenvalue weighted by molar-refractivity contribution is -0.142. The van der Waals surface area contributed by atoms with Crippen molar-refractivity contribution in [2.24, 2.45) is 5.92 Å². The van der Waals surface area contributed by atoms with Crippen molar-refractivity contribution in [3.8, 4) is 0 Å². The van der Waals surface area contributed by atoms with Crippen molar-refractivity contribution in [3.05, 3.63) is 24.4 Å². The Hall–Kier alpha value is -1.01. The van der Waals surface area contributed by atoms with E-state index in [0.717, 1.165) is 5.03 Å². The summed E-state index contributed by atoms with van der Waals surface area (Å²) in [6.45, 7) is 1.41. The van der Waals surface area contributed by atoms with Crippen LogP contribution in [-0.2, 0) is 9.59 Å². The summed E-state index contributed by atoms with van der Waals surface area (Å²) >= 11 is 0. The molecule has 17 heavy (non-hydrogen) atoms. The molecule has 0 spiro atoms. The van der Waals surface area contributed by atoms with Crippen LogP contribution in [0.25, 0.3) is 0 Å². The van der Waals surface area contributed by atoms with Crippen molar-refractivity contribution < 1.29 is 14.7 Å². The first-order chi connectivity index (χ1) is 8.09. The third-order valence-electron chi connectivity index (χ3n) is 1.93. The van der Waals surface area contributed by atoms with Crippen LogP contribution in [0.4, 0.5) is 0 Å². The van der Waals surface area contributed by atoms with Crippen molar-refractivity contribution in [2.45, 2.75) is 18.4 Å². The number of carbonyl (C=O) groups is 2. The number of nitrogens with zero attached hydrogens (tertiary/aromatic N) is 1. The second-order valence-electron chi connectivity index (χ2n) is 3.48. The smallest absolute Gasteiger partial charge is 0.307 e. The lowest BCUT2D eigenvalue weighted by Gasteiger charge is -2.08. The Labute approximate surface area is 108 Å². The molecule has 0 fully saturated rings. The fourth-order valence-electron chi connectivity index (χ4n) is 1.14. The van der Waals surface area contributed by atoms with Crippen LogP contribution in [0.2, 0.25) is 0 Å². The molecule has 1 aromatic heterocycles. The molecule has 1 N–H and O–H groups in total. The van der Waals surface area contributed by atoms with E-state index in [0.29, 0.717) is 5.75 Å². The first-order valence-corrected chi connectivity index (χ1v) is 7.34. The van der Waals surface area contributed by atoms with E-state index >= 15 is 0 Å². The molecule has 0 aliphatic carbocycles. The predicted molar refractivity (Wildman–Crippen MR) is 69.0 cm³/mol. The number of aromatic nitrogens is 1. The molecule has 0 aliphatic heterocycles. The Morgan fingerprint density at radius 3 is 2.76 bits per heavy atom. The number of ketones is 1. The number of Topliss-reactive ketones (excluding diaryl/α,β-unsaturated/α-hetero) is 1. The molecule has 0 aromatic carbocycles. The van der Waals surface area contributed by atoms with Crippen molar-refractivity contribution in [1.82, 2.24) is 4.98 Å². The molecule has 4 nitrogen and oxygen atoms in total. The van der Waals surface area contributed by atoms with Crippen LogP contribution in [-0.4, -0.2) is 27.6 Å². The standard InChI is InChI=1S/C11H13NO3S2/c1-8(13)6-9(11(14)15)7-16-17-10-4-2-3-5-12-10/h2-5,9H,6-7H2,1H3,(H,14,15)/t9-/m0/s1. The van der Waals surface area contributed by atoms with Crippen molar-refractivity contribution in [2.75, 3.05) is 5.75 Å². The first-order valence-electron chi connectivity index (χ1n) is 5.02. The third-order valence-corrected chi connectivity index (χ3v) is 4.28. The highest BCUT2D eigenvalue weighted by atomic mass is 33.1. The predicted octanol–water partition coefficient (Wildman–Crippen LogP) is 2.50. The molecule has 6 heteroatoms. The normalized spacial score (nSPS) is 12.1. The lowest BCUT2D eigenvalue weighted by atomic mass is 10.1. The van der Waals surface area contributed by atoms with Crippen molar-refractivity contribution in [1.29, 1.82) is 0 Å². The molecule has 0 radical (unpaired) electrons. The minimum atomic E-state index is -0.922. The number of aliphatic carboxylic acids is 1. The summed E-state index contributed by atoms with van der Waals surface area (Å²) < 4.78 is 0. The molecule has 92 valence electrons. The van der Waals surface area contributed by atoms with Gasteiger partial charge in [-0.3, -0.25) is 4.79 Å². The zero-order valence-electron chi connectivity index (χ0n) is 9.33. The van der Waals surface area contributed by atoms with Gasteiger partial charge in [0, 0.05) is 18.4 Å². The number of hydrogen-bond acceptors (Lipinski definition) is 5. The Bertz CT molecular complexity index is 384. The zero-order chi connectivity index (χ0) is 12.7. The Balaban J connectivity index is 2.37. The summed E-state index contributed by atoms with van der Waals surface area (Å²) in [6, 6.07) is 5.56. The van der Waals surface area contributed by atoms with Crippen LogP contribution in [0.15, 0.2) is 29.4 Å². The molecule has 0 aliphatic rings. The number of pyridine rings is 1. The van der Waals surface area contributed by atoms with Crippen LogP contribution >= 0.6 is 21.6 Å². The third kappa shape index (κ3) is 5.74. The fourth-order valence-corrected chi connectivity index (χ4v) is 3.34. The van der Waals surface area contributed by atoms with Crippen LogP contribution in [0.3, 0.4) is 0 Å². The zero-order valence-corrected chi connectivity index (χ0v) is 11.0. The van der Waals surface area contributed by atoms with E-state index in [2.05, 4.69) is 4.98 Å². The van der Waals surface area contributed by atoms with E-state index in [1.54, 1.807) is 6.20 Å². The molecule has 1 aromatic rings. The summed E-state index contributed by atoms with van der Waals surface area (Å²) in [7, 11) is 2.83. The maximum atomic E-state index is 10.9. The number of carbonyl (C=O) groups excluding carboxylic acids is 1. The van der Waals surface area contributed by atoms with Crippen molar-refractivity contribution >= 4 is 33.3 Å². The Kier molecular flexibility index (Phi) is 6.07. The summed E-state index contributed by atoms with van der Waals surface area (Å²) in [5.74, 6) is -1.24. The highest BCUT2D eigenvalue weighted by Gasteiger charge is 2.19. The average Bonchev–Trinajstić information content (AvgIpc) is 2.28. The van der Waals surface area contributed by atoms with E-state index in [4.69, 9.17) is 5.11 Å². The molecule has 1 atom stereocenters. The van der Waals surface area contributed by atoms with Gasteiger partial charge in [-0.1, -0.05) is 16.9 Å². The van der Waals surface area contributed by atoms with Gasteiger partial charge in [0.15, 0.2) is 0 Å². The Morgan fingerprint density at radius 2 is 2.24 bits per heavy atom. The van der Waals surface area contributed by atoms with Crippen LogP contribution in [0.5, 0.6) is 0 Å². The minimum Gasteiger partial charge on any atom is -0.481 e. The van der Waals surface area contributed by atoms with Gasteiger partial charge in [0.1, 0.15) is 10.8 Å². The summed E-state index contributed by atoms with van der Waals surface area (Å²) in [5.41, 5.74) is 0. The average molecular weight is 271 g/mol. The lowest BCUT2D eigenvalue weighted by Crippen LogP contribution is -2.18. The van der Waals surface area contributed by atoms with Gasteiger partial charge in [-0.05, 0) is 29.9 Å². The maximum Gasteiger partial charge on any atom is 0.307 e. The van der Waals surface area contributed by atoms with Crippen LogP contribution in [0.1, 0.15) is 13.3 Å². The number of carboxylic acid groups (broad SMARTS) is 1. The van der Waals surface area contributed by atoms with Crippen LogP contribution < -0.4 is 0 Å². The highest BCUT2D eigenvalue weighted by molar-refractivity contribution is 8.76. The summed E-state index contributed by atoms with van der Waals surface area (Å²) in [5, 5.41) is 9.77. The number of rotatable bonds is 7. The molecule has 0 saturated carbocycles. The second kappa shape index (κ2) is 7.34. The fraction of sp³-hybridized carbons (Fsp3) is 0.364. The Morgan fingerprint density at radius 1 is 1.47 bits per heavy atom. The van der Waals surface area contributed by atoms with Gasteiger partial charge in [-0.15, -0.1) is 0 Å². The van der Waals surface area contributed by atoms with E-state index in [1.807, 2.05) is 18.2 Å². The molecule has 0 unspecified atom stereocenters. The monoisotopic (exact) mass is 271 g/mol. The van der Waals surface area contributed by atoms with Gasteiger partial charge < -0.3 is 9.90 Å². The molecular weight excluding hydrogens is 258 g/mol. The first kappa shape index (κ1) is 14.1. The summed E-state index contributed by atoms with van der Waals surface area (Å²) in [6.07, 6.45) is 1.78. The molecule has 1 heterocycles. The quantitative estimate of drug-likeness (QED) is 0.769. The van der Waals surface area contributed by atoms with Crippen molar-refractivity contribution in [3.63, 3.8) is 0 Å². The second-order valence-corrected chi connectivity index (χ2v) is 5.84. The van der Waals surface area contributed by atoms with E-state index < -0.39 is 11.9 Å². The van der Waals surface area contributed by atoms with E-state index in [9.17, 15) is 9.59 Å². The van der Waals surface area contributed by atoms with Gasteiger partial charge >= 0.3 is 5.97 Å². The largest absolute Gasteiger partial charge is 0.481 e. The molecule has 1 rings (SSSR count). The van der Waals surface area contributed by atoms with Gasteiger partial charge in [0.2, 0.25) is 0 Å². The van der Waals surface area contributed by atoms with Gasteiger partial charge in [-0.25, -0.2) is 4.98 Å². The van der Waals surface area contributed by atoms with Crippen LogP contribution in [0, 0.1) is 5.92 Å². The molecule has 0 saturated heterocycles. The number of hydrogen-bond donors (Lipinski definition) is 1. The highest BCUT2D eigenvalue weighted by Crippen LogP contribution is 2.31. The molecule has 0 bridgehead atoms. The maximum absolute atomic E-state index is 10.9. The topological polar surface area (TPSA) is 67.3 Å². The molecular formula is C11H13NO3S2. The minimum absolute atomic E-state index is 0.0884. The number of carboxylic acids is 1. The van der Waals surface area contributed by atoms with Gasteiger partial charge in [-0.2, -0.15) is 0 Å². The molecule has 0 amide bonds. The van der Waals surface area contributed by atoms with Gasteiger partial charge in [0.05, 0.1) is 5.92 Å². The summed E-state index contributed by atoms with van der Waals surface area (Å²) in [4.78, 5) is 25.9.